The first kappa shape index (κ1) is 27.7. The van der Waals surface area contributed by atoms with Gasteiger partial charge in [0.25, 0.3) is 5.91 Å². The molecule has 0 aliphatic carbocycles. The monoisotopic (exact) mass is 542 g/mol. The molecule has 210 valence electrons. The molecule has 2 aliphatic heterocycles. The normalized spacial score (nSPS) is 16.1. The average molecular weight is 543 g/mol. The zero-order chi connectivity index (χ0) is 27.9. The second-order valence-electron chi connectivity index (χ2n) is 10.6. The highest BCUT2D eigenvalue weighted by atomic mass is 16.5. The number of piperazine rings is 1. The van der Waals surface area contributed by atoms with Gasteiger partial charge in [-0.2, -0.15) is 0 Å². The Morgan fingerprint density at radius 2 is 1.45 bits per heavy atom. The van der Waals surface area contributed by atoms with Crippen LogP contribution in [-0.2, 0) is 9.53 Å². The minimum Gasteiger partial charge on any atom is -0.379 e. The lowest BCUT2D eigenvalue weighted by Crippen LogP contribution is -2.53. The summed E-state index contributed by atoms with van der Waals surface area (Å²) in [5.41, 5.74) is 4.80. The first-order valence-electron chi connectivity index (χ1n) is 14.1. The number of amides is 2. The van der Waals surface area contributed by atoms with Crippen molar-refractivity contribution in [3.8, 4) is 11.3 Å². The van der Waals surface area contributed by atoms with Crippen molar-refractivity contribution in [2.45, 2.75) is 13.8 Å². The van der Waals surface area contributed by atoms with Crippen molar-refractivity contribution in [3.63, 3.8) is 0 Å². The first-order valence-corrected chi connectivity index (χ1v) is 14.1. The number of carbonyl (C=O) groups excluding carboxylic acids is 2. The van der Waals surface area contributed by atoms with Crippen molar-refractivity contribution in [2.24, 2.45) is 0 Å². The van der Waals surface area contributed by atoms with Crippen LogP contribution >= 0.6 is 0 Å². The van der Waals surface area contributed by atoms with Crippen LogP contribution in [0.15, 0.2) is 60.7 Å². The number of rotatable bonds is 8. The third-order valence-corrected chi connectivity index (χ3v) is 7.66. The van der Waals surface area contributed by atoms with E-state index in [0.717, 1.165) is 42.3 Å². The molecule has 0 saturated carbocycles. The highest BCUT2D eigenvalue weighted by Crippen LogP contribution is 2.20. The highest BCUT2D eigenvalue weighted by Gasteiger charge is 2.26. The topological polar surface area (TPSA) is 82.1 Å². The van der Waals surface area contributed by atoms with Gasteiger partial charge in [-0.1, -0.05) is 47.5 Å². The summed E-state index contributed by atoms with van der Waals surface area (Å²) in [4.78, 5) is 34.8. The van der Waals surface area contributed by atoms with Crippen LogP contribution in [0, 0.1) is 13.8 Å². The molecule has 0 atom stereocenters. The lowest BCUT2D eigenvalue weighted by Gasteiger charge is -2.36. The van der Waals surface area contributed by atoms with Crippen LogP contribution in [0.5, 0.6) is 0 Å². The van der Waals surface area contributed by atoms with Gasteiger partial charge in [0.15, 0.2) is 5.82 Å². The van der Waals surface area contributed by atoms with E-state index in [4.69, 9.17) is 4.74 Å². The summed E-state index contributed by atoms with van der Waals surface area (Å²) in [6.07, 6.45) is 0. The SMILES string of the molecule is Cc1ccc(C(=O)N(CCN2CCOCC2)CC(=O)N2CCN(c3ccc(-c4ccc(C)cc4)nn3)CC2)cc1. The lowest BCUT2D eigenvalue weighted by molar-refractivity contribution is -0.132. The number of aryl methyl sites for hydroxylation is 2. The van der Waals surface area contributed by atoms with E-state index in [1.54, 1.807) is 4.90 Å². The van der Waals surface area contributed by atoms with Gasteiger partial charge in [-0.15, -0.1) is 10.2 Å². The largest absolute Gasteiger partial charge is 0.379 e. The first-order chi connectivity index (χ1) is 19.5. The van der Waals surface area contributed by atoms with Crippen LogP contribution < -0.4 is 4.90 Å². The number of morpholine rings is 1. The Balaban J connectivity index is 1.18. The molecule has 0 N–H and O–H groups in total. The highest BCUT2D eigenvalue weighted by molar-refractivity contribution is 5.96. The van der Waals surface area contributed by atoms with Gasteiger partial charge in [-0.25, -0.2) is 0 Å². The van der Waals surface area contributed by atoms with Gasteiger partial charge in [-0.3, -0.25) is 14.5 Å². The molecule has 0 unspecified atom stereocenters. The fourth-order valence-electron chi connectivity index (χ4n) is 5.04. The van der Waals surface area contributed by atoms with E-state index in [9.17, 15) is 9.59 Å². The molecule has 3 heterocycles. The standard InChI is InChI=1S/C31H38N6O3/c1-24-3-7-26(8-4-24)28-11-12-29(33-32-28)35-15-17-36(18-16-35)30(38)23-37(14-13-34-19-21-40-22-20-34)31(39)27-9-5-25(2)6-10-27/h3-12H,13-23H2,1-2H3. The van der Waals surface area contributed by atoms with Crippen LogP contribution in [0.1, 0.15) is 21.5 Å². The Morgan fingerprint density at radius 1 is 0.800 bits per heavy atom. The van der Waals surface area contributed by atoms with Gasteiger partial charge in [0.2, 0.25) is 5.91 Å². The Kier molecular flexibility index (Phi) is 9.03. The molecule has 2 fully saturated rings. The van der Waals surface area contributed by atoms with E-state index in [2.05, 4.69) is 51.2 Å². The summed E-state index contributed by atoms with van der Waals surface area (Å²) in [5, 5.41) is 8.89. The smallest absolute Gasteiger partial charge is 0.254 e. The molecular formula is C31H38N6O3. The molecule has 9 nitrogen and oxygen atoms in total. The zero-order valence-corrected chi connectivity index (χ0v) is 23.5. The van der Waals surface area contributed by atoms with E-state index in [-0.39, 0.29) is 18.4 Å². The lowest BCUT2D eigenvalue weighted by atomic mass is 10.1. The van der Waals surface area contributed by atoms with Crippen LogP contribution in [0.25, 0.3) is 11.3 Å². The Morgan fingerprint density at radius 3 is 2.08 bits per heavy atom. The van der Waals surface area contributed by atoms with Crippen LogP contribution in [-0.4, -0.2) is 109 Å². The van der Waals surface area contributed by atoms with Crippen molar-refractivity contribution in [2.75, 3.05) is 77.0 Å². The third kappa shape index (κ3) is 7.03. The second kappa shape index (κ2) is 13.0. The Hall–Kier alpha value is -3.82. The summed E-state index contributed by atoms with van der Waals surface area (Å²) in [6, 6.07) is 19.8. The molecule has 0 radical (unpaired) electrons. The van der Waals surface area contributed by atoms with Gasteiger partial charge in [0.1, 0.15) is 6.54 Å². The summed E-state index contributed by atoms with van der Waals surface area (Å²) in [6.45, 7) is 11.0. The van der Waals surface area contributed by atoms with E-state index >= 15 is 0 Å². The predicted octanol–water partition coefficient (Wildman–Crippen LogP) is 2.88. The van der Waals surface area contributed by atoms with Gasteiger partial charge in [-0.05, 0) is 38.1 Å². The number of hydrogen-bond acceptors (Lipinski definition) is 7. The number of nitrogens with zero attached hydrogens (tertiary/aromatic N) is 6. The van der Waals surface area contributed by atoms with E-state index in [0.29, 0.717) is 51.5 Å². The maximum absolute atomic E-state index is 13.4. The number of aromatic nitrogens is 2. The molecule has 40 heavy (non-hydrogen) atoms. The zero-order valence-electron chi connectivity index (χ0n) is 23.5. The molecule has 3 aromatic rings. The summed E-state index contributed by atoms with van der Waals surface area (Å²) >= 11 is 0. The maximum Gasteiger partial charge on any atom is 0.254 e. The molecule has 2 aromatic carbocycles. The van der Waals surface area contributed by atoms with Crippen molar-refractivity contribution in [3.05, 3.63) is 77.4 Å². The minimum absolute atomic E-state index is 0.0251. The Bertz CT molecular complexity index is 1270. The quantitative estimate of drug-likeness (QED) is 0.433. The number of anilines is 1. The van der Waals surface area contributed by atoms with Crippen LogP contribution in [0.3, 0.4) is 0 Å². The van der Waals surface area contributed by atoms with Gasteiger partial charge in [0.05, 0.1) is 18.9 Å². The number of benzene rings is 2. The fourth-order valence-corrected chi connectivity index (χ4v) is 5.04. The maximum atomic E-state index is 13.4. The molecule has 0 bridgehead atoms. The van der Waals surface area contributed by atoms with Crippen molar-refractivity contribution in [1.29, 1.82) is 0 Å². The van der Waals surface area contributed by atoms with Crippen molar-refractivity contribution >= 4 is 17.6 Å². The molecule has 9 heteroatoms. The van der Waals surface area contributed by atoms with Crippen molar-refractivity contribution in [1.82, 2.24) is 24.9 Å². The number of hydrogen-bond donors (Lipinski definition) is 0. The fraction of sp³-hybridized carbons (Fsp3) is 0.419. The van der Waals surface area contributed by atoms with Gasteiger partial charge >= 0.3 is 0 Å². The second-order valence-corrected chi connectivity index (χ2v) is 10.6. The third-order valence-electron chi connectivity index (χ3n) is 7.66. The average Bonchev–Trinajstić information content (AvgIpc) is 3.00. The van der Waals surface area contributed by atoms with Crippen molar-refractivity contribution < 1.29 is 14.3 Å². The molecule has 2 saturated heterocycles. The van der Waals surface area contributed by atoms with Crippen LogP contribution in [0.2, 0.25) is 0 Å². The molecule has 2 amide bonds. The predicted molar refractivity (Wildman–Crippen MR) is 155 cm³/mol. The molecule has 2 aliphatic rings. The summed E-state index contributed by atoms with van der Waals surface area (Å²) < 4.78 is 5.45. The van der Waals surface area contributed by atoms with E-state index in [1.807, 2.05) is 48.2 Å². The molecule has 0 spiro atoms. The number of carbonyl (C=O) groups is 2. The Labute approximate surface area is 236 Å². The summed E-state index contributed by atoms with van der Waals surface area (Å²) in [7, 11) is 0. The number of ether oxygens (including phenoxy) is 1. The molecule has 1 aromatic heterocycles. The molecular weight excluding hydrogens is 504 g/mol. The van der Waals surface area contributed by atoms with E-state index < -0.39 is 0 Å². The van der Waals surface area contributed by atoms with Crippen LogP contribution in [0.4, 0.5) is 5.82 Å². The van der Waals surface area contributed by atoms with E-state index in [1.165, 1.54) is 5.56 Å². The minimum atomic E-state index is -0.107. The summed E-state index contributed by atoms with van der Waals surface area (Å²) in [5.74, 6) is 0.678. The van der Waals surface area contributed by atoms with Gasteiger partial charge < -0.3 is 19.4 Å². The molecule has 5 rings (SSSR count). The van der Waals surface area contributed by atoms with Gasteiger partial charge in [0, 0.05) is 63.5 Å².